The molecule has 0 saturated carbocycles. The Bertz CT molecular complexity index is 554. The van der Waals surface area contributed by atoms with E-state index in [2.05, 4.69) is 36.5 Å². The van der Waals surface area contributed by atoms with E-state index >= 15 is 0 Å². The molecule has 0 spiro atoms. The minimum Gasteiger partial charge on any atom is -0.312 e. The van der Waals surface area contributed by atoms with Crippen molar-refractivity contribution in [3.63, 3.8) is 0 Å². The first kappa shape index (κ1) is 14.0. The summed E-state index contributed by atoms with van der Waals surface area (Å²) in [6.07, 6.45) is 0.934. The van der Waals surface area contributed by atoms with Crippen molar-refractivity contribution in [1.82, 2.24) is 5.32 Å². The van der Waals surface area contributed by atoms with Gasteiger partial charge in [0.25, 0.3) is 0 Å². The van der Waals surface area contributed by atoms with Gasteiger partial charge in [-0.05, 0) is 31.5 Å². The van der Waals surface area contributed by atoms with Crippen LogP contribution >= 0.6 is 11.6 Å². The number of hydrogen-bond donors (Lipinski definition) is 1. The van der Waals surface area contributed by atoms with Gasteiger partial charge in [0, 0.05) is 12.1 Å². The lowest BCUT2D eigenvalue weighted by molar-refractivity contribution is 0.589. The summed E-state index contributed by atoms with van der Waals surface area (Å²) in [4.78, 5) is 0. The first-order valence-corrected chi connectivity index (χ1v) is 6.74. The third-order valence-electron chi connectivity index (χ3n) is 3.02. The van der Waals surface area contributed by atoms with Crippen LogP contribution < -0.4 is 5.32 Å². The molecule has 2 aromatic carbocycles. The molecule has 100 valence electrons. The van der Waals surface area contributed by atoms with E-state index in [0.29, 0.717) is 12.1 Å². The fourth-order valence-corrected chi connectivity index (χ4v) is 2.20. The molecule has 1 N–H and O–H groups in total. The highest BCUT2D eigenvalue weighted by atomic mass is 35.5. The normalized spacial score (nSPS) is 10.7. The summed E-state index contributed by atoms with van der Waals surface area (Å²) in [7, 11) is 0. The summed E-state index contributed by atoms with van der Waals surface area (Å²) < 4.78 is 13.6. The van der Waals surface area contributed by atoms with Gasteiger partial charge in [0.2, 0.25) is 0 Å². The van der Waals surface area contributed by atoms with E-state index in [1.54, 1.807) is 18.2 Å². The molecule has 0 bridgehead atoms. The van der Waals surface area contributed by atoms with Crippen LogP contribution in [0.4, 0.5) is 4.39 Å². The van der Waals surface area contributed by atoms with E-state index in [-0.39, 0.29) is 10.8 Å². The van der Waals surface area contributed by atoms with Gasteiger partial charge in [-0.3, -0.25) is 0 Å². The molecule has 19 heavy (non-hydrogen) atoms. The minimum atomic E-state index is -0.327. The van der Waals surface area contributed by atoms with E-state index in [1.807, 2.05) is 0 Å². The van der Waals surface area contributed by atoms with Crippen LogP contribution in [0.5, 0.6) is 0 Å². The van der Waals surface area contributed by atoms with Gasteiger partial charge in [-0.2, -0.15) is 0 Å². The van der Waals surface area contributed by atoms with Gasteiger partial charge >= 0.3 is 0 Å². The maximum absolute atomic E-state index is 13.6. The fraction of sp³-hybridized carbons (Fsp3) is 0.250. The molecule has 0 saturated heterocycles. The second-order valence-electron chi connectivity index (χ2n) is 4.63. The molecule has 0 radical (unpaired) electrons. The van der Waals surface area contributed by atoms with Crippen LogP contribution in [0.15, 0.2) is 42.5 Å². The zero-order chi connectivity index (χ0) is 13.7. The number of nitrogens with one attached hydrogen (secondary N) is 1. The van der Waals surface area contributed by atoms with E-state index in [1.165, 1.54) is 11.1 Å². The quantitative estimate of drug-likeness (QED) is 0.811. The third-order valence-corrected chi connectivity index (χ3v) is 3.31. The molecule has 0 amide bonds. The highest BCUT2D eigenvalue weighted by molar-refractivity contribution is 6.30. The zero-order valence-electron chi connectivity index (χ0n) is 10.9. The number of hydrogen-bond acceptors (Lipinski definition) is 1. The summed E-state index contributed by atoms with van der Waals surface area (Å²) in [6, 6.07) is 13.5. The molecule has 1 nitrogen and oxygen atoms in total. The van der Waals surface area contributed by atoms with E-state index in [9.17, 15) is 4.39 Å². The Balaban J connectivity index is 1.82. The highest BCUT2D eigenvalue weighted by Gasteiger charge is 2.05. The van der Waals surface area contributed by atoms with Gasteiger partial charge in [-0.15, -0.1) is 0 Å². The molecular weight excluding hydrogens is 261 g/mol. The topological polar surface area (TPSA) is 12.0 Å². The van der Waals surface area contributed by atoms with Gasteiger partial charge in [-0.25, -0.2) is 4.39 Å². The number of rotatable bonds is 5. The van der Waals surface area contributed by atoms with Gasteiger partial charge in [-0.1, -0.05) is 53.6 Å². The van der Waals surface area contributed by atoms with Crippen molar-refractivity contribution in [2.45, 2.75) is 19.9 Å². The van der Waals surface area contributed by atoms with Crippen molar-refractivity contribution < 1.29 is 4.39 Å². The Labute approximate surface area is 118 Å². The van der Waals surface area contributed by atoms with Gasteiger partial charge in [0.05, 0.1) is 5.02 Å². The van der Waals surface area contributed by atoms with Crippen molar-refractivity contribution in [2.24, 2.45) is 0 Å². The lowest BCUT2D eigenvalue weighted by Crippen LogP contribution is -2.17. The smallest absolute Gasteiger partial charge is 0.146 e. The summed E-state index contributed by atoms with van der Waals surface area (Å²) in [6.45, 7) is 3.39. The highest BCUT2D eigenvalue weighted by Crippen LogP contribution is 2.17. The second-order valence-corrected chi connectivity index (χ2v) is 5.04. The lowest BCUT2D eigenvalue weighted by Gasteiger charge is -2.07. The van der Waals surface area contributed by atoms with Gasteiger partial charge < -0.3 is 5.32 Å². The molecule has 0 atom stereocenters. The lowest BCUT2D eigenvalue weighted by atomic mass is 10.1. The minimum absolute atomic E-state index is 0.179. The first-order chi connectivity index (χ1) is 9.16. The van der Waals surface area contributed by atoms with Crippen molar-refractivity contribution in [3.8, 4) is 0 Å². The van der Waals surface area contributed by atoms with Crippen molar-refractivity contribution >= 4 is 11.6 Å². The number of halogens is 2. The third kappa shape index (κ3) is 4.05. The van der Waals surface area contributed by atoms with Crippen LogP contribution in [0, 0.1) is 12.7 Å². The maximum atomic E-state index is 13.6. The molecule has 0 unspecified atom stereocenters. The van der Waals surface area contributed by atoms with Gasteiger partial charge in [0.1, 0.15) is 5.82 Å². The molecular formula is C16H17ClFN. The Hall–Kier alpha value is -1.38. The summed E-state index contributed by atoms with van der Waals surface area (Å²) in [5.74, 6) is -0.327. The monoisotopic (exact) mass is 277 g/mol. The summed E-state index contributed by atoms with van der Waals surface area (Å²) in [5.41, 5.74) is 3.16. The molecule has 0 aromatic heterocycles. The fourth-order valence-electron chi connectivity index (χ4n) is 2.01. The second kappa shape index (κ2) is 6.69. The Morgan fingerprint density at radius 2 is 1.95 bits per heavy atom. The van der Waals surface area contributed by atoms with Gasteiger partial charge in [0.15, 0.2) is 0 Å². The van der Waals surface area contributed by atoms with Crippen molar-refractivity contribution in [2.75, 3.05) is 6.54 Å². The van der Waals surface area contributed by atoms with Crippen LogP contribution in [-0.2, 0) is 13.0 Å². The standard InChI is InChI=1S/C16H17ClFN/c1-12-4-2-5-13(10-12)8-9-19-11-14-6-3-7-15(17)16(14)18/h2-7,10,19H,8-9,11H2,1H3. The Kier molecular flexibility index (Phi) is 4.94. The average Bonchev–Trinajstić information content (AvgIpc) is 2.39. The van der Waals surface area contributed by atoms with Crippen molar-refractivity contribution in [1.29, 1.82) is 0 Å². The maximum Gasteiger partial charge on any atom is 0.146 e. The Morgan fingerprint density at radius 1 is 1.16 bits per heavy atom. The average molecular weight is 278 g/mol. The summed E-state index contributed by atoms with van der Waals surface area (Å²) >= 11 is 5.74. The summed E-state index contributed by atoms with van der Waals surface area (Å²) in [5, 5.41) is 3.42. The zero-order valence-corrected chi connectivity index (χ0v) is 11.7. The molecule has 0 aliphatic heterocycles. The molecule has 3 heteroatoms. The molecule has 0 fully saturated rings. The van der Waals surface area contributed by atoms with Crippen LogP contribution in [0.1, 0.15) is 16.7 Å². The van der Waals surface area contributed by atoms with Crippen molar-refractivity contribution in [3.05, 3.63) is 70.0 Å². The molecule has 0 aliphatic rings. The SMILES string of the molecule is Cc1cccc(CCNCc2cccc(Cl)c2F)c1. The molecule has 2 aromatic rings. The first-order valence-electron chi connectivity index (χ1n) is 6.36. The number of aryl methyl sites for hydroxylation is 1. The molecule has 2 rings (SSSR count). The largest absolute Gasteiger partial charge is 0.312 e. The number of benzene rings is 2. The van der Waals surface area contributed by atoms with Crippen LogP contribution in [0.3, 0.4) is 0 Å². The van der Waals surface area contributed by atoms with Crippen LogP contribution in [-0.4, -0.2) is 6.54 Å². The van der Waals surface area contributed by atoms with E-state index < -0.39 is 0 Å². The van der Waals surface area contributed by atoms with Crippen LogP contribution in [0.2, 0.25) is 5.02 Å². The molecule has 0 heterocycles. The molecule has 0 aliphatic carbocycles. The predicted octanol–water partition coefficient (Wildman–Crippen LogP) is 4.12. The predicted molar refractivity (Wildman–Crippen MR) is 78.0 cm³/mol. The van der Waals surface area contributed by atoms with Crippen LogP contribution in [0.25, 0.3) is 0 Å². The Morgan fingerprint density at radius 3 is 2.74 bits per heavy atom. The van der Waals surface area contributed by atoms with E-state index in [0.717, 1.165) is 13.0 Å². The van der Waals surface area contributed by atoms with E-state index in [4.69, 9.17) is 11.6 Å².